The van der Waals surface area contributed by atoms with Crippen molar-refractivity contribution in [3.05, 3.63) is 117 Å². The first-order chi connectivity index (χ1) is 20.9. The first-order valence-corrected chi connectivity index (χ1v) is 13.8. The molecule has 0 saturated carbocycles. The zero-order valence-corrected chi connectivity index (χ0v) is 24.2. The van der Waals surface area contributed by atoms with Gasteiger partial charge in [-0.3, -0.25) is 9.59 Å². The SMILES string of the molecule is COc1cccc(C=Nn2c(-c3cc4cc(Br)ccc4o3)nc3ccccc3c2=O)c1OCC(=O)Nc1ccc(F)cc1. The summed E-state index contributed by atoms with van der Waals surface area (Å²) in [7, 11) is 1.47. The fraction of sp³-hybridized carbons (Fsp3) is 0.0625. The molecule has 0 spiro atoms. The highest BCUT2D eigenvalue weighted by Gasteiger charge is 2.18. The normalized spacial score (nSPS) is 11.3. The first-order valence-electron chi connectivity index (χ1n) is 13.0. The molecule has 214 valence electrons. The van der Waals surface area contributed by atoms with Gasteiger partial charge in [-0.2, -0.15) is 9.78 Å². The minimum Gasteiger partial charge on any atom is -0.493 e. The summed E-state index contributed by atoms with van der Waals surface area (Å²) in [6.07, 6.45) is 1.43. The Hall–Kier alpha value is -5.29. The number of nitrogens with one attached hydrogen (secondary N) is 1. The molecule has 0 aliphatic heterocycles. The van der Waals surface area contributed by atoms with E-state index in [0.29, 0.717) is 39.2 Å². The van der Waals surface area contributed by atoms with E-state index >= 15 is 0 Å². The molecule has 2 aromatic heterocycles. The Balaban J connectivity index is 1.37. The third-order valence-corrected chi connectivity index (χ3v) is 6.96. The largest absolute Gasteiger partial charge is 0.493 e. The van der Waals surface area contributed by atoms with Gasteiger partial charge in [0.15, 0.2) is 23.9 Å². The van der Waals surface area contributed by atoms with Crippen molar-refractivity contribution in [2.24, 2.45) is 5.10 Å². The standard InChI is InChI=1S/C32H22BrFN4O5/c1-41-27-8-4-5-19(30(27)42-18-29(39)36-23-12-10-22(34)11-13-23)17-35-38-31(37-25-7-3-2-6-24(25)32(38)40)28-16-20-15-21(33)9-14-26(20)43-28/h2-17H,18H2,1H3,(H,36,39). The van der Waals surface area contributed by atoms with Crippen LogP contribution in [0.5, 0.6) is 11.5 Å². The highest BCUT2D eigenvalue weighted by molar-refractivity contribution is 9.10. The Labute approximate surface area is 252 Å². The van der Waals surface area contributed by atoms with Crippen LogP contribution in [-0.2, 0) is 4.79 Å². The van der Waals surface area contributed by atoms with E-state index in [2.05, 4.69) is 26.3 Å². The summed E-state index contributed by atoms with van der Waals surface area (Å²) in [6.45, 7) is -0.365. The van der Waals surface area contributed by atoms with Gasteiger partial charge in [-0.05, 0) is 72.8 Å². The lowest BCUT2D eigenvalue weighted by molar-refractivity contribution is -0.118. The monoisotopic (exact) mass is 640 g/mol. The van der Waals surface area contributed by atoms with E-state index in [1.807, 2.05) is 18.2 Å². The summed E-state index contributed by atoms with van der Waals surface area (Å²) in [5, 5.41) is 8.35. The van der Waals surface area contributed by atoms with Crippen LogP contribution in [0, 0.1) is 5.82 Å². The van der Waals surface area contributed by atoms with Crippen LogP contribution in [0.25, 0.3) is 33.5 Å². The van der Waals surface area contributed by atoms with Crippen LogP contribution in [0.2, 0.25) is 0 Å². The third kappa shape index (κ3) is 5.88. The fourth-order valence-corrected chi connectivity index (χ4v) is 4.83. The van der Waals surface area contributed by atoms with Gasteiger partial charge in [0.2, 0.25) is 5.82 Å². The Bertz CT molecular complexity index is 2070. The van der Waals surface area contributed by atoms with Crippen molar-refractivity contribution >= 4 is 55.6 Å². The number of ether oxygens (including phenoxy) is 2. The van der Waals surface area contributed by atoms with Crippen LogP contribution in [-0.4, -0.2) is 35.5 Å². The van der Waals surface area contributed by atoms with Crippen molar-refractivity contribution in [3.8, 4) is 23.1 Å². The number of methoxy groups -OCH3 is 1. The topological polar surface area (TPSA) is 108 Å². The quantitative estimate of drug-likeness (QED) is 0.187. The minimum atomic E-state index is -0.464. The minimum absolute atomic E-state index is 0.205. The molecule has 6 rings (SSSR count). The molecule has 2 heterocycles. The van der Waals surface area contributed by atoms with Gasteiger partial charge in [0.05, 0.1) is 24.2 Å². The van der Waals surface area contributed by atoms with E-state index in [1.165, 1.54) is 42.3 Å². The number of furan rings is 1. The number of benzene rings is 4. The second-order valence-corrected chi connectivity index (χ2v) is 10.2. The number of amides is 1. The Morgan fingerprint density at radius 2 is 1.88 bits per heavy atom. The Morgan fingerprint density at radius 1 is 1.07 bits per heavy atom. The number of carbonyl (C=O) groups excluding carboxylic acids is 1. The van der Waals surface area contributed by atoms with E-state index in [4.69, 9.17) is 18.9 Å². The number of anilines is 1. The maximum Gasteiger partial charge on any atom is 0.282 e. The number of hydrogen-bond acceptors (Lipinski definition) is 7. The van der Waals surface area contributed by atoms with Crippen LogP contribution in [0.3, 0.4) is 0 Å². The molecule has 0 aliphatic carbocycles. The average Bonchev–Trinajstić information content (AvgIpc) is 3.44. The summed E-state index contributed by atoms with van der Waals surface area (Å²) in [5.74, 6) is 0.271. The summed E-state index contributed by atoms with van der Waals surface area (Å²) in [5.41, 5.74) is 1.58. The van der Waals surface area contributed by atoms with E-state index in [1.54, 1.807) is 48.5 Å². The molecule has 6 aromatic rings. The molecule has 4 aromatic carbocycles. The molecule has 0 saturated heterocycles. The van der Waals surface area contributed by atoms with Crippen LogP contribution < -0.4 is 20.3 Å². The number of rotatable bonds is 8. The van der Waals surface area contributed by atoms with Crippen molar-refractivity contribution in [3.63, 3.8) is 0 Å². The predicted molar refractivity (Wildman–Crippen MR) is 165 cm³/mol. The Kier molecular flexibility index (Phi) is 7.71. The van der Waals surface area contributed by atoms with E-state index < -0.39 is 17.3 Å². The smallest absolute Gasteiger partial charge is 0.282 e. The molecule has 0 bridgehead atoms. The number of hydrogen-bond donors (Lipinski definition) is 1. The lowest BCUT2D eigenvalue weighted by atomic mass is 10.2. The number of halogens is 2. The number of para-hydroxylation sites is 2. The number of carbonyl (C=O) groups is 1. The number of nitrogens with zero attached hydrogens (tertiary/aromatic N) is 3. The molecule has 9 nitrogen and oxygen atoms in total. The zero-order chi connectivity index (χ0) is 29.9. The zero-order valence-electron chi connectivity index (χ0n) is 22.6. The van der Waals surface area contributed by atoms with Crippen molar-refractivity contribution in [1.82, 2.24) is 9.66 Å². The molecule has 0 unspecified atom stereocenters. The highest BCUT2D eigenvalue weighted by Crippen LogP contribution is 2.31. The summed E-state index contributed by atoms with van der Waals surface area (Å²) in [6, 6.07) is 24.8. The lowest BCUT2D eigenvalue weighted by Gasteiger charge is -2.13. The fourth-order valence-electron chi connectivity index (χ4n) is 4.45. The Morgan fingerprint density at radius 3 is 2.70 bits per heavy atom. The van der Waals surface area contributed by atoms with Gasteiger partial charge in [-0.25, -0.2) is 9.37 Å². The summed E-state index contributed by atoms with van der Waals surface area (Å²) in [4.78, 5) is 30.9. The molecule has 1 amide bonds. The van der Waals surface area contributed by atoms with Crippen molar-refractivity contribution in [2.75, 3.05) is 19.0 Å². The summed E-state index contributed by atoms with van der Waals surface area (Å²) < 4.78 is 32.6. The van der Waals surface area contributed by atoms with E-state index in [9.17, 15) is 14.0 Å². The van der Waals surface area contributed by atoms with Crippen LogP contribution in [0.15, 0.2) is 110 Å². The number of fused-ring (bicyclic) bond motifs is 2. The molecule has 0 atom stereocenters. The van der Waals surface area contributed by atoms with Gasteiger partial charge < -0.3 is 19.2 Å². The number of aromatic nitrogens is 2. The molecule has 1 N–H and O–H groups in total. The average molecular weight is 641 g/mol. The highest BCUT2D eigenvalue weighted by atomic mass is 79.9. The van der Waals surface area contributed by atoms with Gasteiger partial charge in [0.25, 0.3) is 11.5 Å². The molecule has 43 heavy (non-hydrogen) atoms. The summed E-state index contributed by atoms with van der Waals surface area (Å²) >= 11 is 3.47. The lowest BCUT2D eigenvalue weighted by Crippen LogP contribution is -2.21. The molecule has 0 radical (unpaired) electrons. The molecule has 0 aliphatic rings. The maximum atomic E-state index is 13.7. The predicted octanol–water partition coefficient (Wildman–Crippen LogP) is 6.62. The van der Waals surface area contributed by atoms with Crippen molar-refractivity contribution in [2.45, 2.75) is 0 Å². The van der Waals surface area contributed by atoms with Gasteiger partial charge in [0.1, 0.15) is 11.4 Å². The molecule has 11 heteroatoms. The van der Waals surface area contributed by atoms with Crippen molar-refractivity contribution in [1.29, 1.82) is 0 Å². The maximum absolute atomic E-state index is 13.7. The van der Waals surface area contributed by atoms with Crippen molar-refractivity contribution < 1.29 is 23.1 Å². The molecular formula is C32H22BrFN4O5. The van der Waals surface area contributed by atoms with Crippen LogP contribution in [0.1, 0.15) is 5.56 Å². The third-order valence-electron chi connectivity index (χ3n) is 6.47. The van der Waals surface area contributed by atoms with E-state index in [0.717, 1.165) is 9.86 Å². The van der Waals surface area contributed by atoms with E-state index in [-0.39, 0.29) is 18.2 Å². The van der Waals surface area contributed by atoms with Crippen LogP contribution in [0.4, 0.5) is 10.1 Å². The second kappa shape index (κ2) is 11.9. The van der Waals surface area contributed by atoms with Gasteiger partial charge in [0, 0.05) is 21.1 Å². The molecule has 0 fully saturated rings. The first kappa shape index (κ1) is 27.9. The van der Waals surface area contributed by atoms with Gasteiger partial charge in [-0.1, -0.05) is 34.1 Å². The van der Waals surface area contributed by atoms with Gasteiger partial charge >= 0.3 is 0 Å². The second-order valence-electron chi connectivity index (χ2n) is 9.33. The van der Waals surface area contributed by atoms with Gasteiger partial charge in [-0.15, -0.1) is 0 Å². The van der Waals surface area contributed by atoms with Crippen LogP contribution >= 0.6 is 15.9 Å². The molecular weight excluding hydrogens is 619 g/mol.